The van der Waals surface area contributed by atoms with Gasteiger partial charge in [-0.2, -0.15) is 0 Å². The lowest BCUT2D eigenvalue weighted by Crippen LogP contribution is -2.23. The van der Waals surface area contributed by atoms with Gasteiger partial charge in [0, 0.05) is 12.2 Å². The van der Waals surface area contributed by atoms with Crippen molar-refractivity contribution in [3.05, 3.63) is 64.3 Å². The van der Waals surface area contributed by atoms with Gasteiger partial charge in [-0.25, -0.2) is 19.2 Å². The molecule has 0 atom stereocenters. The van der Waals surface area contributed by atoms with E-state index in [1.54, 1.807) is 15.3 Å². The van der Waals surface area contributed by atoms with E-state index in [0.717, 1.165) is 24.5 Å². The minimum atomic E-state index is -0.139. The Balaban J connectivity index is 1.81. The minimum Gasteiger partial charge on any atom is -0.268 e. The van der Waals surface area contributed by atoms with Gasteiger partial charge in [0.1, 0.15) is 5.82 Å². The number of hydrogen-bond donors (Lipinski definition) is 0. The molecule has 0 aliphatic heterocycles. The molecule has 0 bridgehead atoms. The molecular formula is C19H19N7OS. The Hall–Kier alpha value is -3.07. The summed E-state index contributed by atoms with van der Waals surface area (Å²) in [4.78, 5) is 22.5. The van der Waals surface area contributed by atoms with Gasteiger partial charge in [0.15, 0.2) is 11.0 Å². The molecule has 0 unspecified atom stereocenters. The normalized spacial score (nSPS) is 11.2. The molecule has 0 aliphatic rings. The van der Waals surface area contributed by atoms with Gasteiger partial charge < -0.3 is 0 Å². The number of tetrazole rings is 1. The Morgan fingerprint density at radius 3 is 2.75 bits per heavy atom. The summed E-state index contributed by atoms with van der Waals surface area (Å²) in [6.07, 6.45) is 0.939. The first kappa shape index (κ1) is 18.3. The van der Waals surface area contributed by atoms with Crippen LogP contribution in [0.2, 0.25) is 0 Å². The molecule has 3 heterocycles. The molecule has 0 saturated heterocycles. The molecule has 0 spiro atoms. The second kappa shape index (κ2) is 7.89. The number of aromatic nitrogens is 7. The zero-order valence-corrected chi connectivity index (χ0v) is 16.4. The maximum absolute atomic E-state index is 13.2. The molecule has 0 N–H and O–H groups in total. The van der Waals surface area contributed by atoms with Crippen molar-refractivity contribution in [2.75, 3.05) is 0 Å². The highest BCUT2D eigenvalue weighted by atomic mass is 32.2. The van der Waals surface area contributed by atoms with E-state index in [9.17, 15) is 4.79 Å². The van der Waals surface area contributed by atoms with Crippen LogP contribution in [0.4, 0.5) is 0 Å². The first-order valence-corrected chi connectivity index (χ1v) is 9.99. The van der Waals surface area contributed by atoms with E-state index in [-0.39, 0.29) is 5.56 Å². The van der Waals surface area contributed by atoms with E-state index in [2.05, 4.69) is 27.4 Å². The molecule has 0 amide bonds. The maximum atomic E-state index is 13.2. The van der Waals surface area contributed by atoms with E-state index >= 15 is 0 Å². The topological polar surface area (TPSA) is 91.4 Å². The zero-order valence-electron chi connectivity index (χ0n) is 15.6. The van der Waals surface area contributed by atoms with Gasteiger partial charge >= 0.3 is 0 Å². The van der Waals surface area contributed by atoms with Crippen LogP contribution in [0.1, 0.15) is 24.9 Å². The molecule has 0 fully saturated rings. The number of para-hydroxylation sites is 1. The van der Waals surface area contributed by atoms with Crippen LogP contribution in [-0.4, -0.2) is 34.7 Å². The summed E-state index contributed by atoms with van der Waals surface area (Å²) in [5.74, 6) is 1.81. The molecule has 0 saturated carbocycles. The van der Waals surface area contributed by atoms with Gasteiger partial charge in [-0.05, 0) is 48.0 Å². The van der Waals surface area contributed by atoms with Crippen molar-refractivity contribution >= 4 is 22.7 Å². The van der Waals surface area contributed by atoms with Crippen LogP contribution in [0.5, 0.6) is 0 Å². The van der Waals surface area contributed by atoms with Gasteiger partial charge in [0.05, 0.1) is 16.7 Å². The van der Waals surface area contributed by atoms with Crippen molar-refractivity contribution in [3.8, 4) is 5.82 Å². The first-order valence-electron chi connectivity index (χ1n) is 9.01. The highest BCUT2D eigenvalue weighted by Crippen LogP contribution is 2.23. The molecule has 28 heavy (non-hydrogen) atoms. The van der Waals surface area contributed by atoms with Gasteiger partial charge in [0.25, 0.3) is 5.56 Å². The Morgan fingerprint density at radius 2 is 1.93 bits per heavy atom. The molecule has 4 rings (SSSR count). The third kappa shape index (κ3) is 3.53. The van der Waals surface area contributed by atoms with Crippen LogP contribution in [0.25, 0.3) is 16.7 Å². The summed E-state index contributed by atoms with van der Waals surface area (Å²) in [5.41, 5.74) is 1.35. The number of hydrogen-bond acceptors (Lipinski definition) is 7. The van der Waals surface area contributed by atoms with E-state index in [4.69, 9.17) is 4.98 Å². The zero-order chi connectivity index (χ0) is 19.5. The third-order valence-electron chi connectivity index (χ3n) is 4.22. The van der Waals surface area contributed by atoms with Gasteiger partial charge in [-0.1, -0.05) is 36.9 Å². The average molecular weight is 393 g/mol. The first-order chi connectivity index (χ1) is 13.7. The molecule has 0 aliphatic carbocycles. The smallest absolute Gasteiger partial charge is 0.267 e. The number of aryl methyl sites for hydroxylation is 2. The van der Waals surface area contributed by atoms with Crippen LogP contribution in [0.3, 0.4) is 0 Å². The Bertz CT molecular complexity index is 1180. The molecule has 4 aromatic rings. The molecule has 9 heteroatoms. The van der Waals surface area contributed by atoms with Crippen LogP contribution >= 0.6 is 11.8 Å². The van der Waals surface area contributed by atoms with E-state index in [1.807, 2.05) is 43.3 Å². The maximum Gasteiger partial charge on any atom is 0.267 e. The lowest BCUT2D eigenvalue weighted by Gasteiger charge is -2.12. The number of nitrogens with zero attached hydrogens (tertiary/aromatic N) is 7. The number of pyridine rings is 1. The van der Waals surface area contributed by atoms with Gasteiger partial charge in [-0.15, -0.1) is 5.10 Å². The van der Waals surface area contributed by atoms with Crippen molar-refractivity contribution in [1.82, 2.24) is 34.7 Å². The van der Waals surface area contributed by atoms with Crippen LogP contribution in [0, 0.1) is 6.92 Å². The SMILES string of the molecule is CCCn1nnnc1CSc1nc2ccccc2c(=O)n1-c1cccc(C)n1. The average Bonchev–Trinajstić information content (AvgIpc) is 3.14. The molecular weight excluding hydrogens is 374 g/mol. The second-order valence-corrected chi connectivity index (χ2v) is 7.24. The van der Waals surface area contributed by atoms with E-state index < -0.39 is 0 Å². The standard InChI is InChI=1S/C19H19N7OS/c1-3-11-25-17(22-23-24-25)12-28-19-21-15-9-5-4-8-14(15)18(27)26(19)16-10-6-7-13(2)20-16/h4-10H,3,11-12H2,1-2H3. The lowest BCUT2D eigenvalue weighted by atomic mass is 10.2. The third-order valence-corrected chi connectivity index (χ3v) is 5.15. The van der Waals surface area contributed by atoms with Crippen molar-refractivity contribution < 1.29 is 0 Å². The summed E-state index contributed by atoms with van der Waals surface area (Å²) in [6.45, 7) is 4.72. The highest BCUT2D eigenvalue weighted by Gasteiger charge is 2.16. The number of fused-ring (bicyclic) bond motifs is 1. The van der Waals surface area contributed by atoms with E-state index in [1.165, 1.54) is 11.8 Å². The summed E-state index contributed by atoms with van der Waals surface area (Å²) < 4.78 is 3.34. The summed E-state index contributed by atoms with van der Waals surface area (Å²) in [5, 5.41) is 13.0. The summed E-state index contributed by atoms with van der Waals surface area (Å²) >= 11 is 1.42. The fourth-order valence-electron chi connectivity index (χ4n) is 2.91. The molecule has 8 nitrogen and oxygen atoms in total. The fourth-order valence-corrected chi connectivity index (χ4v) is 3.84. The second-order valence-electron chi connectivity index (χ2n) is 6.30. The van der Waals surface area contributed by atoms with E-state index in [0.29, 0.717) is 27.6 Å². The Kier molecular flexibility index (Phi) is 5.16. The fraction of sp³-hybridized carbons (Fsp3) is 0.263. The molecule has 1 aromatic carbocycles. The molecule has 0 radical (unpaired) electrons. The number of rotatable bonds is 6. The van der Waals surface area contributed by atoms with Crippen molar-refractivity contribution in [2.24, 2.45) is 0 Å². The predicted octanol–water partition coefficient (Wildman–Crippen LogP) is 2.78. The monoisotopic (exact) mass is 393 g/mol. The quantitative estimate of drug-likeness (QED) is 0.367. The van der Waals surface area contributed by atoms with Crippen LogP contribution in [0.15, 0.2) is 52.4 Å². The van der Waals surface area contributed by atoms with Gasteiger partial charge in [0.2, 0.25) is 0 Å². The lowest BCUT2D eigenvalue weighted by molar-refractivity contribution is 0.564. The van der Waals surface area contributed by atoms with Crippen LogP contribution < -0.4 is 5.56 Å². The molecule has 142 valence electrons. The largest absolute Gasteiger partial charge is 0.268 e. The van der Waals surface area contributed by atoms with Crippen molar-refractivity contribution in [3.63, 3.8) is 0 Å². The van der Waals surface area contributed by atoms with Crippen molar-refractivity contribution in [1.29, 1.82) is 0 Å². The molecule has 3 aromatic heterocycles. The van der Waals surface area contributed by atoms with Crippen LogP contribution in [-0.2, 0) is 12.3 Å². The minimum absolute atomic E-state index is 0.139. The summed E-state index contributed by atoms with van der Waals surface area (Å²) in [6, 6.07) is 12.9. The Labute approximate surface area is 165 Å². The van der Waals surface area contributed by atoms with Gasteiger partial charge in [-0.3, -0.25) is 4.79 Å². The highest BCUT2D eigenvalue weighted by molar-refractivity contribution is 7.98. The van der Waals surface area contributed by atoms with Crippen molar-refractivity contribution in [2.45, 2.75) is 37.7 Å². The Morgan fingerprint density at radius 1 is 1.07 bits per heavy atom. The summed E-state index contributed by atoms with van der Waals surface area (Å²) in [7, 11) is 0. The predicted molar refractivity (Wildman–Crippen MR) is 108 cm³/mol. The number of thioether (sulfide) groups is 1. The number of benzene rings is 1.